The Morgan fingerprint density at radius 3 is 2.30 bits per heavy atom. The molecule has 1 saturated heterocycles. The molecule has 5 rings (SSSR count). The molecule has 0 unspecified atom stereocenters. The summed E-state index contributed by atoms with van der Waals surface area (Å²) < 4.78 is 40.2. The Morgan fingerprint density at radius 2 is 1.62 bits per heavy atom. The highest BCUT2D eigenvalue weighted by Gasteiger charge is 2.49. The summed E-state index contributed by atoms with van der Waals surface area (Å²) >= 11 is 0. The summed E-state index contributed by atoms with van der Waals surface area (Å²) in [5.41, 5.74) is 2.90. The van der Waals surface area contributed by atoms with Crippen LogP contribution in [0.2, 0.25) is 0 Å². The summed E-state index contributed by atoms with van der Waals surface area (Å²) in [5, 5.41) is 2.85. The lowest BCUT2D eigenvalue weighted by Crippen LogP contribution is -2.57. The number of esters is 1. The highest BCUT2D eigenvalue weighted by molar-refractivity contribution is 5.89. The van der Waals surface area contributed by atoms with Gasteiger partial charge in [0.25, 0.3) is 0 Å². The van der Waals surface area contributed by atoms with Crippen molar-refractivity contribution in [1.29, 1.82) is 0 Å². The van der Waals surface area contributed by atoms with Crippen LogP contribution < -0.4 is 14.8 Å². The van der Waals surface area contributed by atoms with Gasteiger partial charge in [-0.15, -0.1) is 0 Å². The fourth-order valence-corrected chi connectivity index (χ4v) is 5.88. The molecular weight excluding hydrogens is 597 g/mol. The zero-order valence-corrected chi connectivity index (χ0v) is 27.5. The SMILES string of the molecule is CC(=O)NCCc1c(OCc2ccccc2)cc(O[C@@H]2OC(C)(C)[C@H](C)[C@@H](C)[C@H]2OC(=O)c2ccccc2)cc1-c1cccc(F)c1. The number of ether oxygens (including phenoxy) is 4. The lowest BCUT2D eigenvalue weighted by molar-refractivity contribution is -0.269. The van der Waals surface area contributed by atoms with Crippen molar-refractivity contribution >= 4 is 11.9 Å². The largest absolute Gasteiger partial charge is 0.488 e. The summed E-state index contributed by atoms with van der Waals surface area (Å²) in [6.45, 7) is 10.2. The average Bonchev–Trinajstić information content (AvgIpc) is 3.05. The van der Waals surface area contributed by atoms with Gasteiger partial charge in [-0.05, 0) is 73.2 Å². The molecule has 0 radical (unpaired) electrons. The number of benzene rings is 4. The summed E-state index contributed by atoms with van der Waals surface area (Å²) in [4.78, 5) is 25.0. The van der Waals surface area contributed by atoms with E-state index in [4.69, 9.17) is 18.9 Å². The van der Waals surface area contributed by atoms with E-state index in [9.17, 15) is 14.0 Å². The molecule has 47 heavy (non-hydrogen) atoms. The molecular formula is C39H42FNO6. The first-order valence-electron chi connectivity index (χ1n) is 16.0. The molecule has 0 spiro atoms. The van der Waals surface area contributed by atoms with Crippen molar-refractivity contribution in [2.45, 2.75) is 65.6 Å². The molecule has 1 fully saturated rings. The molecule has 1 N–H and O–H groups in total. The lowest BCUT2D eigenvalue weighted by atomic mass is 9.77. The van der Waals surface area contributed by atoms with Crippen LogP contribution in [0.25, 0.3) is 11.1 Å². The van der Waals surface area contributed by atoms with Gasteiger partial charge in [-0.1, -0.05) is 74.5 Å². The number of halogens is 1. The minimum atomic E-state index is -0.948. The van der Waals surface area contributed by atoms with Crippen LogP contribution in [0.15, 0.2) is 97.1 Å². The Morgan fingerprint density at radius 1 is 0.915 bits per heavy atom. The Kier molecular flexibility index (Phi) is 10.6. The average molecular weight is 640 g/mol. The molecule has 0 aromatic heterocycles. The van der Waals surface area contributed by atoms with Crippen molar-refractivity contribution in [2.24, 2.45) is 11.8 Å². The topological polar surface area (TPSA) is 83.1 Å². The molecule has 4 aromatic rings. The number of amides is 1. The lowest BCUT2D eigenvalue weighted by Gasteiger charge is -2.48. The van der Waals surface area contributed by atoms with Crippen LogP contribution in [-0.2, 0) is 27.3 Å². The van der Waals surface area contributed by atoms with E-state index in [1.165, 1.54) is 19.1 Å². The van der Waals surface area contributed by atoms with Gasteiger partial charge in [0.2, 0.25) is 12.2 Å². The highest BCUT2D eigenvalue weighted by Crippen LogP contribution is 2.42. The normalized spacial score (nSPS) is 20.2. The van der Waals surface area contributed by atoms with E-state index in [1.807, 2.05) is 69.3 Å². The van der Waals surface area contributed by atoms with Crippen molar-refractivity contribution < 1.29 is 32.9 Å². The standard InChI is InChI=1S/C39H42FNO6/c1-25-26(2)39(4,5)47-38(36(25)46-37(43)29-15-10-7-11-16-29)45-32-22-34(30-17-12-18-31(40)21-30)33(19-20-41-27(3)42)35(23-32)44-24-28-13-8-6-9-14-28/h6-18,21-23,25-26,36,38H,19-20,24H2,1-5H3,(H,41,42)/t25-,26-,36-,38-/m1/s1. The van der Waals surface area contributed by atoms with Crippen molar-refractivity contribution in [2.75, 3.05) is 6.54 Å². The van der Waals surface area contributed by atoms with Crippen molar-refractivity contribution in [3.05, 3.63) is 120 Å². The van der Waals surface area contributed by atoms with Gasteiger partial charge in [-0.2, -0.15) is 0 Å². The maximum absolute atomic E-state index is 14.6. The maximum Gasteiger partial charge on any atom is 0.338 e. The van der Waals surface area contributed by atoms with Gasteiger partial charge in [-0.25, -0.2) is 9.18 Å². The Balaban J connectivity index is 1.56. The van der Waals surface area contributed by atoms with Gasteiger partial charge in [0.05, 0.1) is 11.2 Å². The van der Waals surface area contributed by atoms with Crippen molar-refractivity contribution in [1.82, 2.24) is 5.32 Å². The minimum Gasteiger partial charge on any atom is -0.488 e. The molecule has 8 heteroatoms. The highest BCUT2D eigenvalue weighted by atomic mass is 19.1. The van der Waals surface area contributed by atoms with E-state index in [0.29, 0.717) is 41.2 Å². The summed E-state index contributed by atoms with van der Waals surface area (Å²) in [5.74, 6) is -0.150. The molecule has 1 heterocycles. The van der Waals surface area contributed by atoms with Gasteiger partial charge in [0, 0.05) is 31.0 Å². The number of carbonyl (C=O) groups excluding carboxylic acids is 2. The Hall–Kier alpha value is -4.69. The first kappa shape index (κ1) is 33.7. The monoisotopic (exact) mass is 639 g/mol. The van der Waals surface area contributed by atoms with Crippen LogP contribution in [-0.4, -0.2) is 36.4 Å². The van der Waals surface area contributed by atoms with E-state index >= 15 is 0 Å². The molecule has 1 amide bonds. The molecule has 4 aromatic carbocycles. The quantitative estimate of drug-likeness (QED) is 0.169. The van der Waals surface area contributed by atoms with Crippen LogP contribution in [0, 0.1) is 17.7 Å². The molecule has 4 atom stereocenters. The van der Waals surface area contributed by atoms with E-state index < -0.39 is 24.0 Å². The molecule has 246 valence electrons. The van der Waals surface area contributed by atoms with Gasteiger partial charge in [0.15, 0.2) is 6.10 Å². The first-order chi connectivity index (χ1) is 22.5. The van der Waals surface area contributed by atoms with Crippen LogP contribution in [0.3, 0.4) is 0 Å². The molecule has 1 aliphatic rings. The zero-order chi connectivity index (χ0) is 33.6. The van der Waals surface area contributed by atoms with Gasteiger partial charge < -0.3 is 24.3 Å². The summed E-state index contributed by atoms with van der Waals surface area (Å²) in [6.07, 6.45) is -1.25. The Bertz CT molecular complexity index is 1680. The predicted octanol–water partition coefficient (Wildman–Crippen LogP) is 7.76. The fraction of sp³-hybridized carbons (Fsp3) is 0.333. The number of carbonyl (C=O) groups is 2. The second-order valence-electron chi connectivity index (χ2n) is 12.6. The molecule has 0 saturated carbocycles. The number of rotatable bonds is 11. The van der Waals surface area contributed by atoms with Crippen LogP contribution in [0.4, 0.5) is 4.39 Å². The Labute approximate surface area is 276 Å². The van der Waals surface area contributed by atoms with Crippen molar-refractivity contribution in [3.63, 3.8) is 0 Å². The van der Waals surface area contributed by atoms with E-state index in [-0.39, 0.29) is 30.2 Å². The van der Waals surface area contributed by atoms with Crippen LogP contribution >= 0.6 is 0 Å². The van der Waals surface area contributed by atoms with E-state index in [0.717, 1.165) is 11.1 Å². The van der Waals surface area contributed by atoms with E-state index in [1.54, 1.807) is 36.4 Å². The van der Waals surface area contributed by atoms with Crippen LogP contribution in [0.5, 0.6) is 11.5 Å². The van der Waals surface area contributed by atoms with Gasteiger partial charge in [-0.3, -0.25) is 4.79 Å². The second-order valence-corrected chi connectivity index (χ2v) is 12.6. The zero-order valence-electron chi connectivity index (χ0n) is 27.5. The van der Waals surface area contributed by atoms with E-state index in [2.05, 4.69) is 12.2 Å². The number of nitrogens with one attached hydrogen (secondary N) is 1. The van der Waals surface area contributed by atoms with Gasteiger partial charge >= 0.3 is 5.97 Å². The smallest absolute Gasteiger partial charge is 0.338 e. The van der Waals surface area contributed by atoms with Crippen LogP contribution in [0.1, 0.15) is 56.1 Å². The third-order valence-electron chi connectivity index (χ3n) is 8.90. The third-order valence-corrected chi connectivity index (χ3v) is 8.90. The molecule has 0 aliphatic carbocycles. The number of hydrogen-bond donors (Lipinski definition) is 1. The first-order valence-corrected chi connectivity index (χ1v) is 16.0. The number of hydrogen-bond acceptors (Lipinski definition) is 6. The fourth-order valence-electron chi connectivity index (χ4n) is 5.88. The second kappa shape index (κ2) is 14.8. The molecule has 0 bridgehead atoms. The maximum atomic E-state index is 14.6. The predicted molar refractivity (Wildman–Crippen MR) is 179 cm³/mol. The molecule has 1 aliphatic heterocycles. The minimum absolute atomic E-state index is 0.0414. The summed E-state index contributed by atoms with van der Waals surface area (Å²) in [6, 6.07) is 28.5. The third kappa shape index (κ3) is 8.37. The molecule has 7 nitrogen and oxygen atoms in total. The summed E-state index contributed by atoms with van der Waals surface area (Å²) in [7, 11) is 0. The van der Waals surface area contributed by atoms with Crippen molar-refractivity contribution in [3.8, 4) is 22.6 Å². The van der Waals surface area contributed by atoms with Gasteiger partial charge in [0.1, 0.15) is 23.9 Å².